The van der Waals surface area contributed by atoms with E-state index in [1.165, 1.54) is 11.8 Å². The van der Waals surface area contributed by atoms with E-state index < -0.39 is 11.2 Å². The molecule has 1 atom stereocenters. The van der Waals surface area contributed by atoms with Crippen molar-refractivity contribution in [3.63, 3.8) is 0 Å². The summed E-state index contributed by atoms with van der Waals surface area (Å²) >= 11 is 7.19. The van der Waals surface area contributed by atoms with E-state index in [1.54, 1.807) is 12.1 Å². The SMILES string of the molecule is O=C(O)[C@@H](Cc1ccc(Oc2ccccc2)cc1)Sc1ccc(Cl)cc1. The van der Waals surface area contributed by atoms with Crippen molar-refractivity contribution in [2.24, 2.45) is 0 Å². The van der Waals surface area contributed by atoms with Gasteiger partial charge in [0.25, 0.3) is 0 Å². The minimum Gasteiger partial charge on any atom is -0.480 e. The Morgan fingerprint density at radius 3 is 2.15 bits per heavy atom. The molecule has 0 radical (unpaired) electrons. The number of hydrogen-bond acceptors (Lipinski definition) is 3. The molecule has 0 heterocycles. The van der Waals surface area contributed by atoms with Gasteiger partial charge in [-0.3, -0.25) is 4.79 Å². The number of aliphatic carboxylic acids is 1. The van der Waals surface area contributed by atoms with Gasteiger partial charge in [-0.05, 0) is 60.5 Å². The van der Waals surface area contributed by atoms with Crippen LogP contribution in [0.15, 0.2) is 83.8 Å². The first kappa shape index (κ1) is 18.4. The molecule has 0 unspecified atom stereocenters. The van der Waals surface area contributed by atoms with Gasteiger partial charge in [0, 0.05) is 9.92 Å². The number of halogens is 1. The Bertz CT molecular complexity index is 849. The number of hydrogen-bond donors (Lipinski definition) is 1. The second-order valence-corrected chi connectivity index (χ2v) is 7.37. The zero-order valence-electron chi connectivity index (χ0n) is 13.8. The molecule has 3 rings (SSSR count). The number of benzene rings is 3. The quantitative estimate of drug-likeness (QED) is 0.513. The molecule has 5 heteroatoms. The monoisotopic (exact) mass is 384 g/mol. The summed E-state index contributed by atoms with van der Waals surface area (Å²) in [6.45, 7) is 0. The summed E-state index contributed by atoms with van der Waals surface area (Å²) in [5.41, 5.74) is 0.944. The van der Waals surface area contributed by atoms with Gasteiger partial charge in [-0.25, -0.2) is 0 Å². The molecule has 0 amide bonds. The Morgan fingerprint density at radius 2 is 1.54 bits per heavy atom. The van der Waals surface area contributed by atoms with E-state index in [2.05, 4.69) is 0 Å². The van der Waals surface area contributed by atoms with Crippen molar-refractivity contribution in [1.29, 1.82) is 0 Å². The zero-order chi connectivity index (χ0) is 18.4. The summed E-state index contributed by atoms with van der Waals surface area (Å²) < 4.78 is 5.76. The molecule has 3 nitrogen and oxygen atoms in total. The van der Waals surface area contributed by atoms with Gasteiger partial charge in [-0.1, -0.05) is 41.9 Å². The molecule has 0 fully saturated rings. The van der Waals surface area contributed by atoms with Crippen LogP contribution in [0.4, 0.5) is 0 Å². The van der Waals surface area contributed by atoms with E-state index in [0.29, 0.717) is 11.4 Å². The number of ether oxygens (including phenoxy) is 1. The highest BCUT2D eigenvalue weighted by atomic mass is 35.5. The summed E-state index contributed by atoms with van der Waals surface area (Å²) in [4.78, 5) is 12.5. The average molecular weight is 385 g/mol. The summed E-state index contributed by atoms with van der Waals surface area (Å²) in [5.74, 6) is 0.647. The lowest BCUT2D eigenvalue weighted by Gasteiger charge is -2.13. The Morgan fingerprint density at radius 1 is 0.923 bits per heavy atom. The van der Waals surface area contributed by atoms with Crippen molar-refractivity contribution in [3.8, 4) is 11.5 Å². The lowest BCUT2D eigenvalue weighted by atomic mass is 10.1. The smallest absolute Gasteiger partial charge is 0.317 e. The molecule has 1 N–H and O–H groups in total. The number of rotatable bonds is 7. The van der Waals surface area contributed by atoms with Crippen LogP contribution in [0.1, 0.15) is 5.56 Å². The Labute approximate surface area is 161 Å². The van der Waals surface area contributed by atoms with E-state index in [1.807, 2.05) is 66.7 Å². The normalized spacial score (nSPS) is 11.7. The minimum absolute atomic E-state index is 0.425. The van der Waals surface area contributed by atoms with Crippen molar-refractivity contribution in [1.82, 2.24) is 0 Å². The highest BCUT2D eigenvalue weighted by Gasteiger charge is 2.19. The number of carboxylic acid groups (broad SMARTS) is 1. The number of carbonyl (C=O) groups is 1. The Kier molecular flexibility index (Phi) is 6.21. The molecule has 0 aliphatic rings. The van der Waals surface area contributed by atoms with Crippen LogP contribution in [0.5, 0.6) is 11.5 Å². The van der Waals surface area contributed by atoms with Crippen molar-refractivity contribution in [2.75, 3.05) is 0 Å². The molecule has 3 aromatic rings. The highest BCUT2D eigenvalue weighted by molar-refractivity contribution is 8.00. The van der Waals surface area contributed by atoms with Gasteiger partial charge in [0.1, 0.15) is 16.7 Å². The molecular weight excluding hydrogens is 368 g/mol. The van der Waals surface area contributed by atoms with Crippen molar-refractivity contribution in [2.45, 2.75) is 16.6 Å². The van der Waals surface area contributed by atoms with Gasteiger partial charge < -0.3 is 9.84 Å². The second kappa shape index (κ2) is 8.79. The summed E-state index contributed by atoms with van der Waals surface area (Å²) in [6.07, 6.45) is 0.425. The van der Waals surface area contributed by atoms with Crippen molar-refractivity contribution in [3.05, 3.63) is 89.4 Å². The molecule has 0 saturated heterocycles. The first-order valence-corrected chi connectivity index (χ1v) is 9.33. The van der Waals surface area contributed by atoms with Crippen LogP contribution in [0.3, 0.4) is 0 Å². The van der Waals surface area contributed by atoms with Gasteiger partial charge in [0.2, 0.25) is 0 Å². The third-order valence-corrected chi connectivity index (χ3v) is 5.14. The van der Waals surface area contributed by atoms with Gasteiger partial charge >= 0.3 is 5.97 Å². The average Bonchev–Trinajstić information content (AvgIpc) is 2.65. The fraction of sp³-hybridized carbons (Fsp3) is 0.0952. The number of carboxylic acids is 1. The maximum absolute atomic E-state index is 11.6. The predicted octanol–water partition coefficient (Wildman–Crippen LogP) is 5.92. The topological polar surface area (TPSA) is 46.5 Å². The molecule has 26 heavy (non-hydrogen) atoms. The number of para-hydroxylation sites is 1. The molecule has 0 bridgehead atoms. The Hall–Kier alpha value is -2.43. The Balaban J connectivity index is 1.65. The molecule has 0 aliphatic heterocycles. The molecule has 132 valence electrons. The van der Waals surface area contributed by atoms with E-state index in [4.69, 9.17) is 16.3 Å². The maximum Gasteiger partial charge on any atom is 0.317 e. The van der Waals surface area contributed by atoms with Crippen LogP contribution in [0.2, 0.25) is 5.02 Å². The van der Waals surface area contributed by atoms with Gasteiger partial charge in [0.15, 0.2) is 0 Å². The lowest BCUT2D eigenvalue weighted by molar-refractivity contribution is -0.136. The summed E-state index contributed by atoms with van der Waals surface area (Å²) in [6, 6.07) is 24.2. The third kappa shape index (κ3) is 5.28. The zero-order valence-corrected chi connectivity index (χ0v) is 15.4. The van der Waals surface area contributed by atoms with Crippen LogP contribution in [0.25, 0.3) is 0 Å². The third-order valence-electron chi connectivity index (χ3n) is 3.69. The van der Waals surface area contributed by atoms with Crippen molar-refractivity contribution >= 4 is 29.3 Å². The van der Waals surface area contributed by atoms with E-state index in [9.17, 15) is 9.90 Å². The highest BCUT2D eigenvalue weighted by Crippen LogP contribution is 2.28. The van der Waals surface area contributed by atoms with Crippen LogP contribution < -0.4 is 4.74 Å². The van der Waals surface area contributed by atoms with E-state index >= 15 is 0 Å². The fourth-order valence-corrected chi connectivity index (χ4v) is 3.51. The van der Waals surface area contributed by atoms with Crippen LogP contribution in [-0.2, 0) is 11.2 Å². The van der Waals surface area contributed by atoms with Crippen LogP contribution in [-0.4, -0.2) is 16.3 Å². The van der Waals surface area contributed by atoms with Gasteiger partial charge in [-0.2, -0.15) is 0 Å². The summed E-state index contributed by atoms with van der Waals surface area (Å²) in [7, 11) is 0. The van der Waals surface area contributed by atoms with Crippen LogP contribution >= 0.6 is 23.4 Å². The van der Waals surface area contributed by atoms with E-state index in [0.717, 1.165) is 22.0 Å². The predicted molar refractivity (Wildman–Crippen MR) is 105 cm³/mol. The number of thioether (sulfide) groups is 1. The van der Waals surface area contributed by atoms with Gasteiger partial charge in [0.05, 0.1) is 0 Å². The second-order valence-electron chi connectivity index (χ2n) is 5.66. The largest absolute Gasteiger partial charge is 0.480 e. The molecule has 0 aliphatic carbocycles. The first-order valence-electron chi connectivity index (χ1n) is 8.07. The molecule has 0 saturated carbocycles. The maximum atomic E-state index is 11.6. The molecular formula is C21H17ClO3S. The summed E-state index contributed by atoms with van der Waals surface area (Å²) in [5, 5.41) is 9.59. The van der Waals surface area contributed by atoms with Gasteiger partial charge in [-0.15, -0.1) is 11.8 Å². The standard InChI is InChI=1S/C21H17ClO3S/c22-16-8-12-19(13-9-16)26-20(21(23)24)14-15-6-10-18(11-7-15)25-17-4-2-1-3-5-17/h1-13,20H,14H2,(H,23,24)/t20-/m1/s1. The van der Waals surface area contributed by atoms with Crippen LogP contribution in [0, 0.1) is 0 Å². The fourth-order valence-electron chi connectivity index (χ4n) is 2.39. The molecule has 0 aromatic heterocycles. The molecule has 0 spiro atoms. The minimum atomic E-state index is -0.838. The van der Waals surface area contributed by atoms with Crippen molar-refractivity contribution < 1.29 is 14.6 Å². The molecule has 3 aromatic carbocycles. The van der Waals surface area contributed by atoms with E-state index in [-0.39, 0.29) is 0 Å². The first-order chi connectivity index (χ1) is 12.6. The lowest BCUT2D eigenvalue weighted by Crippen LogP contribution is -2.19.